The van der Waals surface area contributed by atoms with Gasteiger partial charge in [-0.2, -0.15) is 0 Å². The summed E-state index contributed by atoms with van der Waals surface area (Å²) in [5, 5.41) is 13.7. The topological polar surface area (TPSA) is 72.2 Å². The lowest BCUT2D eigenvalue weighted by atomic mass is 10.2. The van der Waals surface area contributed by atoms with Crippen LogP contribution in [0, 0.1) is 10.1 Å². The van der Waals surface area contributed by atoms with Crippen LogP contribution in [0.2, 0.25) is 5.02 Å². The van der Waals surface area contributed by atoms with Gasteiger partial charge in [0.25, 0.3) is 11.6 Å². The van der Waals surface area contributed by atoms with Gasteiger partial charge in [0.15, 0.2) is 0 Å². The van der Waals surface area contributed by atoms with Crippen molar-refractivity contribution in [2.24, 2.45) is 0 Å². The lowest BCUT2D eigenvalue weighted by Gasteiger charge is -2.10. The molecule has 5 nitrogen and oxygen atoms in total. The molecule has 0 aliphatic rings. The third kappa shape index (κ3) is 4.46. The zero-order chi connectivity index (χ0) is 16.8. The fourth-order valence-electron chi connectivity index (χ4n) is 1.90. The molecule has 2 rings (SSSR count). The highest BCUT2D eigenvalue weighted by molar-refractivity contribution is 7.99. The van der Waals surface area contributed by atoms with Crippen LogP contribution in [0.5, 0.6) is 0 Å². The Hall–Kier alpha value is -2.05. The average molecular weight is 351 g/mol. The molecule has 2 aromatic rings. The fourth-order valence-corrected chi connectivity index (χ4v) is 2.98. The Morgan fingerprint density at radius 2 is 2.04 bits per heavy atom. The molecule has 0 radical (unpaired) electrons. The molecule has 0 saturated carbocycles. The van der Waals surface area contributed by atoms with Crippen LogP contribution in [0.3, 0.4) is 0 Å². The molecule has 0 unspecified atom stereocenters. The average Bonchev–Trinajstić information content (AvgIpc) is 2.55. The summed E-state index contributed by atoms with van der Waals surface area (Å²) in [5.41, 5.74) is 0.619. The Bertz CT molecular complexity index is 737. The van der Waals surface area contributed by atoms with Crippen LogP contribution in [-0.2, 0) is 0 Å². The van der Waals surface area contributed by atoms with Crippen molar-refractivity contribution in [1.82, 2.24) is 0 Å². The van der Waals surface area contributed by atoms with Gasteiger partial charge in [-0.3, -0.25) is 14.9 Å². The van der Waals surface area contributed by atoms with Crippen molar-refractivity contribution in [3.8, 4) is 0 Å². The van der Waals surface area contributed by atoms with E-state index >= 15 is 0 Å². The van der Waals surface area contributed by atoms with Gasteiger partial charge >= 0.3 is 0 Å². The number of carbonyl (C=O) groups is 1. The van der Waals surface area contributed by atoms with Gasteiger partial charge in [0.2, 0.25) is 0 Å². The Labute approximate surface area is 143 Å². The van der Waals surface area contributed by atoms with Gasteiger partial charge in [0.05, 0.1) is 21.2 Å². The number of thioether (sulfide) groups is 1. The molecule has 0 atom stereocenters. The number of hydrogen-bond donors (Lipinski definition) is 1. The van der Waals surface area contributed by atoms with Crippen LogP contribution >= 0.6 is 23.4 Å². The van der Waals surface area contributed by atoms with Crippen molar-refractivity contribution in [3.05, 3.63) is 63.2 Å². The summed E-state index contributed by atoms with van der Waals surface area (Å²) in [6.07, 6.45) is 0.997. The molecule has 1 amide bonds. The van der Waals surface area contributed by atoms with E-state index in [9.17, 15) is 14.9 Å². The maximum atomic E-state index is 12.5. The van der Waals surface area contributed by atoms with Crippen LogP contribution in [0.25, 0.3) is 0 Å². The predicted octanol–water partition coefficient (Wildman–Crippen LogP) is 5.00. The smallest absolute Gasteiger partial charge is 0.271 e. The van der Waals surface area contributed by atoms with Gasteiger partial charge in [-0.25, -0.2) is 0 Å². The standard InChI is InChI=1S/C16H15ClN2O3S/c1-2-9-23-15-6-4-3-5-12(15)16(20)18-14-10-11(19(21)22)7-8-13(14)17/h3-8,10H,2,9H2,1H3,(H,18,20). The number of hydrogen-bond acceptors (Lipinski definition) is 4. The monoisotopic (exact) mass is 350 g/mol. The van der Waals surface area contributed by atoms with Gasteiger partial charge in [0.1, 0.15) is 0 Å². The maximum Gasteiger partial charge on any atom is 0.271 e. The number of nitrogens with zero attached hydrogens (tertiary/aromatic N) is 1. The van der Waals surface area contributed by atoms with Crippen LogP contribution in [0.4, 0.5) is 11.4 Å². The first kappa shape index (κ1) is 17.3. The highest BCUT2D eigenvalue weighted by Gasteiger charge is 2.15. The van der Waals surface area contributed by atoms with Crippen molar-refractivity contribution in [3.63, 3.8) is 0 Å². The molecule has 2 aromatic carbocycles. The summed E-state index contributed by atoms with van der Waals surface area (Å²) in [7, 11) is 0. The molecule has 7 heteroatoms. The third-order valence-corrected chi connectivity index (χ3v) is 4.61. The second kappa shape index (κ2) is 7.99. The number of nitrogens with one attached hydrogen (secondary N) is 1. The Kier molecular flexibility index (Phi) is 6.01. The van der Waals surface area contributed by atoms with Crippen molar-refractivity contribution in [2.75, 3.05) is 11.1 Å². The zero-order valence-corrected chi connectivity index (χ0v) is 14.0. The van der Waals surface area contributed by atoms with Gasteiger partial charge in [-0.1, -0.05) is 30.7 Å². The number of non-ortho nitro benzene ring substituents is 1. The van der Waals surface area contributed by atoms with Crippen LogP contribution in [0.15, 0.2) is 47.4 Å². The number of amides is 1. The minimum Gasteiger partial charge on any atom is -0.320 e. The number of halogens is 1. The molecule has 0 bridgehead atoms. The molecule has 0 saturated heterocycles. The van der Waals surface area contributed by atoms with Gasteiger partial charge in [-0.05, 0) is 30.4 Å². The van der Waals surface area contributed by atoms with Gasteiger partial charge < -0.3 is 5.32 Å². The second-order valence-corrected chi connectivity index (χ2v) is 6.26. The van der Waals surface area contributed by atoms with E-state index in [0.717, 1.165) is 17.1 Å². The van der Waals surface area contributed by atoms with E-state index in [1.54, 1.807) is 23.9 Å². The van der Waals surface area contributed by atoms with Gasteiger partial charge in [-0.15, -0.1) is 11.8 Å². The maximum absolute atomic E-state index is 12.5. The normalized spacial score (nSPS) is 10.3. The molecule has 0 heterocycles. The SMILES string of the molecule is CCCSc1ccccc1C(=O)Nc1cc([N+](=O)[O-])ccc1Cl. The molecule has 0 aromatic heterocycles. The third-order valence-electron chi connectivity index (χ3n) is 3.00. The highest BCUT2D eigenvalue weighted by atomic mass is 35.5. The van der Waals surface area contributed by atoms with Crippen molar-refractivity contribution in [2.45, 2.75) is 18.2 Å². The second-order valence-electron chi connectivity index (χ2n) is 4.72. The van der Waals surface area contributed by atoms with E-state index in [2.05, 4.69) is 12.2 Å². The van der Waals surface area contributed by atoms with Crippen molar-refractivity contribution < 1.29 is 9.72 Å². The summed E-state index contributed by atoms with van der Waals surface area (Å²) >= 11 is 7.61. The molecular weight excluding hydrogens is 336 g/mol. The molecule has 0 aliphatic carbocycles. The van der Waals surface area contributed by atoms with Crippen LogP contribution in [0.1, 0.15) is 23.7 Å². The summed E-state index contributed by atoms with van der Waals surface area (Å²) in [6.45, 7) is 2.07. The predicted molar refractivity (Wildman–Crippen MR) is 93.5 cm³/mol. The minimum absolute atomic E-state index is 0.127. The summed E-state index contributed by atoms with van der Waals surface area (Å²) < 4.78 is 0. The van der Waals surface area contributed by atoms with E-state index in [1.165, 1.54) is 18.2 Å². The van der Waals surface area contributed by atoms with Gasteiger partial charge in [0, 0.05) is 17.0 Å². The van der Waals surface area contributed by atoms with E-state index in [1.807, 2.05) is 12.1 Å². The lowest BCUT2D eigenvalue weighted by molar-refractivity contribution is -0.384. The molecule has 0 spiro atoms. The van der Waals surface area contributed by atoms with Crippen molar-refractivity contribution in [1.29, 1.82) is 0 Å². The Balaban J connectivity index is 2.26. The van der Waals surface area contributed by atoms with E-state index < -0.39 is 4.92 Å². The number of anilines is 1. The number of carbonyl (C=O) groups excluding carboxylic acids is 1. The summed E-state index contributed by atoms with van der Waals surface area (Å²) in [5.74, 6) is 0.564. The Morgan fingerprint density at radius 3 is 2.74 bits per heavy atom. The van der Waals surface area contributed by atoms with Crippen molar-refractivity contribution >= 4 is 40.6 Å². The van der Waals surface area contributed by atoms with E-state index in [-0.39, 0.29) is 22.3 Å². The molecule has 23 heavy (non-hydrogen) atoms. The molecular formula is C16H15ClN2O3S. The number of nitro benzene ring substituents is 1. The number of nitro groups is 1. The first-order chi connectivity index (χ1) is 11.0. The Morgan fingerprint density at radius 1 is 1.30 bits per heavy atom. The molecule has 0 aliphatic heterocycles. The molecule has 0 fully saturated rings. The fraction of sp³-hybridized carbons (Fsp3) is 0.188. The van der Waals surface area contributed by atoms with Crippen LogP contribution in [-0.4, -0.2) is 16.6 Å². The van der Waals surface area contributed by atoms with E-state index in [4.69, 9.17) is 11.6 Å². The minimum atomic E-state index is -0.531. The highest BCUT2D eigenvalue weighted by Crippen LogP contribution is 2.29. The lowest BCUT2D eigenvalue weighted by Crippen LogP contribution is -2.13. The zero-order valence-electron chi connectivity index (χ0n) is 12.4. The first-order valence-corrected chi connectivity index (χ1v) is 8.36. The van der Waals surface area contributed by atoms with Crippen LogP contribution < -0.4 is 5.32 Å². The summed E-state index contributed by atoms with van der Waals surface area (Å²) in [6, 6.07) is 11.2. The largest absolute Gasteiger partial charge is 0.320 e. The molecule has 120 valence electrons. The van der Waals surface area contributed by atoms with E-state index in [0.29, 0.717) is 5.56 Å². The molecule has 1 N–H and O–H groups in total. The first-order valence-electron chi connectivity index (χ1n) is 7.00. The quantitative estimate of drug-likeness (QED) is 0.452. The number of rotatable bonds is 6. The number of benzene rings is 2. The summed E-state index contributed by atoms with van der Waals surface area (Å²) in [4.78, 5) is 23.7.